The summed E-state index contributed by atoms with van der Waals surface area (Å²) in [5.41, 5.74) is 6.36. The SMILES string of the molecule is CCC(N)Cc1cc(F)c(OCCC2CCCO2)c(F)c1. The van der Waals surface area contributed by atoms with E-state index in [1.807, 2.05) is 6.92 Å². The Balaban J connectivity index is 1.92. The fourth-order valence-electron chi connectivity index (χ4n) is 2.48. The first-order valence-corrected chi connectivity index (χ1v) is 7.58. The third-order valence-corrected chi connectivity index (χ3v) is 3.79. The topological polar surface area (TPSA) is 44.5 Å². The molecule has 1 aromatic rings. The van der Waals surface area contributed by atoms with Gasteiger partial charge in [0, 0.05) is 19.1 Å². The molecule has 2 unspecified atom stereocenters. The van der Waals surface area contributed by atoms with Crippen LogP contribution < -0.4 is 10.5 Å². The van der Waals surface area contributed by atoms with E-state index in [9.17, 15) is 8.78 Å². The molecule has 118 valence electrons. The zero-order chi connectivity index (χ0) is 15.2. The summed E-state index contributed by atoms with van der Waals surface area (Å²) in [5, 5.41) is 0. The van der Waals surface area contributed by atoms with Crippen LogP contribution in [-0.4, -0.2) is 25.4 Å². The zero-order valence-electron chi connectivity index (χ0n) is 12.4. The third-order valence-electron chi connectivity index (χ3n) is 3.79. The Morgan fingerprint density at radius 3 is 2.67 bits per heavy atom. The molecule has 0 aliphatic carbocycles. The normalized spacial score (nSPS) is 19.7. The fraction of sp³-hybridized carbons (Fsp3) is 0.625. The molecule has 0 spiro atoms. The minimum Gasteiger partial charge on any atom is -0.488 e. The molecule has 1 heterocycles. The van der Waals surface area contributed by atoms with Gasteiger partial charge in [-0.25, -0.2) is 8.78 Å². The number of hydrogen-bond donors (Lipinski definition) is 1. The van der Waals surface area contributed by atoms with E-state index in [-0.39, 0.29) is 24.5 Å². The van der Waals surface area contributed by atoms with Crippen LogP contribution in [0.3, 0.4) is 0 Å². The van der Waals surface area contributed by atoms with Gasteiger partial charge in [0.05, 0.1) is 12.7 Å². The van der Waals surface area contributed by atoms with Crippen molar-refractivity contribution in [2.24, 2.45) is 5.73 Å². The Morgan fingerprint density at radius 2 is 2.10 bits per heavy atom. The molecule has 1 saturated heterocycles. The first-order chi connectivity index (χ1) is 10.1. The molecule has 2 rings (SSSR count). The van der Waals surface area contributed by atoms with Gasteiger partial charge in [0.15, 0.2) is 17.4 Å². The summed E-state index contributed by atoms with van der Waals surface area (Å²) in [6.07, 6.45) is 4.06. The average molecular weight is 299 g/mol. The van der Waals surface area contributed by atoms with E-state index >= 15 is 0 Å². The second-order valence-corrected chi connectivity index (χ2v) is 5.53. The highest BCUT2D eigenvalue weighted by molar-refractivity contribution is 5.31. The monoisotopic (exact) mass is 299 g/mol. The summed E-state index contributed by atoms with van der Waals surface area (Å²) in [7, 11) is 0. The van der Waals surface area contributed by atoms with E-state index in [2.05, 4.69) is 0 Å². The quantitative estimate of drug-likeness (QED) is 0.841. The van der Waals surface area contributed by atoms with Gasteiger partial charge in [-0.15, -0.1) is 0 Å². The second-order valence-electron chi connectivity index (χ2n) is 5.53. The highest BCUT2D eigenvalue weighted by Crippen LogP contribution is 2.25. The largest absolute Gasteiger partial charge is 0.488 e. The van der Waals surface area contributed by atoms with Crippen molar-refractivity contribution in [3.8, 4) is 5.75 Å². The van der Waals surface area contributed by atoms with E-state index in [4.69, 9.17) is 15.2 Å². The van der Waals surface area contributed by atoms with Gasteiger partial charge in [0.25, 0.3) is 0 Å². The number of hydrogen-bond acceptors (Lipinski definition) is 3. The maximum atomic E-state index is 13.9. The van der Waals surface area contributed by atoms with Gasteiger partial charge >= 0.3 is 0 Å². The van der Waals surface area contributed by atoms with Crippen LogP contribution in [0.25, 0.3) is 0 Å². The van der Waals surface area contributed by atoms with Gasteiger partial charge in [-0.2, -0.15) is 0 Å². The van der Waals surface area contributed by atoms with Crippen molar-refractivity contribution in [3.05, 3.63) is 29.3 Å². The smallest absolute Gasteiger partial charge is 0.190 e. The fourth-order valence-corrected chi connectivity index (χ4v) is 2.48. The molecule has 5 heteroatoms. The van der Waals surface area contributed by atoms with Crippen molar-refractivity contribution in [3.63, 3.8) is 0 Å². The minimum atomic E-state index is -0.666. The molecular formula is C16H23F2NO2. The standard InChI is InChI=1S/C16H23F2NO2/c1-2-12(19)8-11-9-14(17)16(15(18)10-11)21-7-5-13-4-3-6-20-13/h9-10,12-13H,2-8,19H2,1H3. The highest BCUT2D eigenvalue weighted by Gasteiger charge is 2.17. The Labute approximate surface area is 124 Å². The predicted molar refractivity (Wildman–Crippen MR) is 77.4 cm³/mol. The van der Waals surface area contributed by atoms with Gasteiger partial charge < -0.3 is 15.2 Å². The summed E-state index contributed by atoms with van der Waals surface area (Å²) in [5.74, 6) is -1.64. The van der Waals surface area contributed by atoms with Crippen molar-refractivity contribution in [2.45, 2.75) is 51.2 Å². The number of benzene rings is 1. The Morgan fingerprint density at radius 1 is 1.38 bits per heavy atom. The molecule has 2 N–H and O–H groups in total. The highest BCUT2D eigenvalue weighted by atomic mass is 19.1. The molecular weight excluding hydrogens is 276 g/mol. The molecule has 0 bridgehead atoms. The molecule has 1 aliphatic rings. The van der Waals surface area contributed by atoms with Crippen molar-refractivity contribution in [1.82, 2.24) is 0 Å². The molecule has 0 aromatic heterocycles. The first kappa shape index (κ1) is 16.2. The molecule has 21 heavy (non-hydrogen) atoms. The zero-order valence-corrected chi connectivity index (χ0v) is 12.4. The van der Waals surface area contributed by atoms with E-state index < -0.39 is 11.6 Å². The predicted octanol–water partition coefficient (Wildman–Crippen LogP) is 3.19. The van der Waals surface area contributed by atoms with Crippen molar-refractivity contribution >= 4 is 0 Å². The number of nitrogens with two attached hydrogens (primary N) is 1. The van der Waals surface area contributed by atoms with Gasteiger partial charge in [0.2, 0.25) is 0 Å². The minimum absolute atomic E-state index is 0.0879. The number of ether oxygens (including phenoxy) is 2. The van der Waals surface area contributed by atoms with E-state index in [1.54, 1.807) is 0 Å². The maximum absolute atomic E-state index is 13.9. The average Bonchev–Trinajstić information content (AvgIpc) is 2.95. The second kappa shape index (κ2) is 7.71. The lowest BCUT2D eigenvalue weighted by molar-refractivity contribution is 0.0890. The molecule has 1 fully saturated rings. The van der Waals surface area contributed by atoms with Crippen LogP contribution in [0, 0.1) is 11.6 Å². The molecule has 1 aliphatic heterocycles. The summed E-state index contributed by atoms with van der Waals surface area (Å²) < 4.78 is 38.6. The van der Waals surface area contributed by atoms with Crippen LogP contribution in [0.15, 0.2) is 12.1 Å². The van der Waals surface area contributed by atoms with Gasteiger partial charge in [-0.1, -0.05) is 6.92 Å². The summed E-state index contributed by atoms with van der Waals surface area (Å²) in [4.78, 5) is 0. The van der Waals surface area contributed by atoms with Crippen molar-refractivity contribution in [2.75, 3.05) is 13.2 Å². The molecule has 3 nitrogen and oxygen atoms in total. The summed E-state index contributed by atoms with van der Waals surface area (Å²) >= 11 is 0. The Kier molecular flexibility index (Phi) is 5.94. The van der Waals surface area contributed by atoms with Crippen LogP contribution in [0.4, 0.5) is 8.78 Å². The van der Waals surface area contributed by atoms with Crippen molar-refractivity contribution in [1.29, 1.82) is 0 Å². The molecule has 0 amide bonds. The van der Waals surface area contributed by atoms with Crippen LogP contribution in [-0.2, 0) is 11.2 Å². The molecule has 0 saturated carbocycles. The van der Waals surface area contributed by atoms with Crippen LogP contribution in [0.2, 0.25) is 0 Å². The van der Waals surface area contributed by atoms with E-state index in [1.165, 1.54) is 12.1 Å². The lowest BCUT2D eigenvalue weighted by Crippen LogP contribution is -2.21. The van der Waals surface area contributed by atoms with Crippen molar-refractivity contribution < 1.29 is 18.3 Å². The number of rotatable bonds is 7. The Bertz CT molecular complexity index is 439. The van der Waals surface area contributed by atoms with Crippen LogP contribution >= 0.6 is 0 Å². The van der Waals surface area contributed by atoms with Gasteiger partial charge in [0.1, 0.15) is 0 Å². The van der Waals surface area contributed by atoms with Crippen LogP contribution in [0.5, 0.6) is 5.75 Å². The summed E-state index contributed by atoms with van der Waals surface area (Å²) in [6.45, 7) is 2.96. The third kappa shape index (κ3) is 4.64. The van der Waals surface area contributed by atoms with E-state index in [0.717, 1.165) is 25.9 Å². The first-order valence-electron chi connectivity index (χ1n) is 7.58. The Hall–Kier alpha value is -1.20. The molecule has 2 atom stereocenters. The van der Waals surface area contributed by atoms with Gasteiger partial charge in [-0.3, -0.25) is 0 Å². The summed E-state index contributed by atoms with van der Waals surface area (Å²) in [6, 6.07) is 2.52. The lowest BCUT2D eigenvalue weighted by atomic mass is 10.0. The van der Waals surface area contributed by atoms with Gasteiger partial charge in [-0.05, 0) is 43.4 Å². The van der Waals surface area contributed by atoms with Crippen LogP contribution in [0.1, 0.15) is 38.2 Å². The maximum Gasteiger partial charge on any atom is 0.190 e. The molecule has 0 radical (unpaired) electrons. The lowest BCUT2D eigenvalue weighted by Gasteiger charge is -2.14. The molecule has 1 aromatic carbocycles. The number of halogens is 2. The van der Waals surface area contributed by atoms with E-state index in [0.29, 0.717) is 18.4 Å².